The average Bonchev–Trinajstić information content (AvgIpc) is 1.98. The summed E-state index contributed by atoms with van der Waals surface area (Å²) in [6.45, 7) is 5.99. The molecule has 0 saturated heterocycles. The van der Waals surface area contributed by atoms with Crippen LogP contribution in [-0.4, -0.2) is 25.2 Å². The minimum atomic E-state index is -0.444. The summed E-state index contributed by atoms with van der Waals surface area (Å²) in [5.41, 5.74) is 4.94. The second-order valence-electron chi connectivity index (χ2n) is 4.42. The zero-order valence-corrected chi connectivity index (χ0v) is 9.05. The predicted molar refractivity (Wildman–Crippen MR) is 56.9 cm³/mol. The maximum absolute atomic E-state index is 10.4. The number of primary amides is 1. The number of urea groups is 1. The van der Waals surface area contributed by atoms with Crippen molar-refractivity contribution < 1.29 is 4.79 Å². The Hall–Kier alpha value is -0.770. The molecule has 4 nitrogen and oxygen atoms in total. The summed E-state index contributed by atoms with van der Waals surface area (Å²) in [6.07, 6.45) is 2.54. The molecular formula is C10H21N3O. The number of carbonyl (C=O) groups is 1. The lowest BCUT2D eigenvalue weighted by molar-refractivity contribution is 0.169. The minimum absolute atomic E-state index is 0.444. The number of hydrogen-bond donors (Lipinski definition) is 3. The van der Waals surface area contributed by atoms with Gasteiger partial charge < -0.3 is 16.4 Å². The van der Waals surface area contributed by atoms with Gasteiger partial charge in [0.15, 0.2) is 0 Å². The zero-order chi connectivity index (χ0) is 10.6. The van der Waals surface area contributed by atoms with Gasteiger partial charge >= 0.3 is 6.03 Å². The van der Waals surface area contributed by atoms with Crippen LogP contribution in [0.2, 0.25) is 0 Å². The van der Waals surface area contributed by atoms with Gasteiger partial charge in [0.1, 0.15) is 0 Å². The SMILES string of the molecule is CC(C)C1CC(NCCNC(N)=O)C1. The second kappa shape index (κ2) is 5.20. The summed E-state index contributed by atoms with van der Waals surface area (Å²) in [6, 6.07) is 0.206. The van der Waals surface area contributed by atoms with E-state index in [4.69, 9.17) is 5.73 Å². The van der Waals surface area contributed by atoms with E-state index in [0.29, 0.717) is 12.6 Å². The number of hydrogen-bond acceptors (Lipinski definition) is 2. The molecule has 1 fully saturated rings. The third-order valence-electron chi connectivity index (χ3n) is 2.97. The zero-order valence-electron chi connectivity index (χ0n) is 9.05. The minimum Gasteiger partial charge on any atom is -0.352 e. The van der Waals surface area contributed by atoms with Crippen molar-refractivity contribution in [1.82, 2.24) is 10.6 Å². The molecule has 1 aliphatic rings. The molecule has 0 aromatic heterocycles. The molecule has 2 amide bonds. The molecule has 0 radical (unpaired) electrons. The molecule has 0 aromatic carbocycles. The fraction of sp³-hybridized carbons (Fsp3) is 0.900. The van der Waals surface area contributed by atoms with Crippen LogP contribution in [0.1, 0.15) is 26.7 Å². The Bertz CT molecular complexity index is 188. The first-order chi connectivity index (χ1) is 6.59. The van der Waals surface area contributed by atoms with Gasteiger partial charge in [-0.3, -0.25) is 0 Å². The van der Waals surface area contributed by atoms with Crippen LogP contribution < -0.4 is 16.4 Å². The van der Waals surface area contributed by atoms with E-state index in [9.17, 15) is 4.79 Å². The third kappa shape index (κ3) is 3.54. The van der Waals surface area contributed by atoms with E-state index in [0.717, 1.165) is 18.4 Å². The van der Waals surface area contributed by atoms with Crippen LogP contribution >= 0.6 is 0 Å². The summed E-state index contributed by atoms with van der Waals surface area (Å²) in [4.78, 5) is 10.4. The number of nitrogens with two attached hydrogens (primary N) is 1. The van der Waals surface area contributed by atoms with Gasteiger partial charge in [0.25, 0.3) is 0 Å². The first-order valence-electron chi connectivity index (χ1n) is 5.36. The van der Waals surface area contributed by atoms with Gasteiger partial charge in [-0.1, -0.05) is 13.8 Å². The van der Waals surface area contributed by atoms with Gasteiger partial charge in [-0.05, 0) is 24.7 Å². The molecule has 1 aliphatic carbocycles. The predicted octanol–water partition coefficient (Wildman–Crippen LogP) is 0.679. The summed E-state index contributed by atoms with van der Waals surface area (Å²) < 4.78 is 0. The molecule has 4 heteroatoms. The van der Waals surface area contributed by atoms with E-state index >= 15 is 0 Å². The largest absolute Gasteiger partial charge is 0.352 e. The van der Waals surface area contributed by atoms with Crippen molar-refractivity contribution in [2.45, 2.75) is 32.7 Å². The van der Waals surface area contributed by atoms with Gasteiger partial charge in [-0.25, -0.2) is 4.79 Å². The third-order valence-corrected chi connectivity index (χ3v) is 2.97. The van der Waals surface area contributed by atoms with E-state index in [2.05, 4.69) is 24.5 Å². The summed E-state index contributed by atoms with van der Waals surface area (Å²) >= 11 is 0. The number of carbonyl (C=O) groups excluding carboxylic acids is 1. The van der Waals surface area contributed by atoms with Crippen LogP contribution in [0.25, 0.3) is 0 Å². The number of nitrogens with one attached hydrogen (secondary N) is 2. The maximum atomic E-state index is 10.4. The molecule has 0 heterocycles. The van der Waals surface area contributed by atoms with E-state index in [1.165, 1.54) is 12.8 Å². The topological polar surface area (TPSA) is 67.2 Å². The van der Waals surface area contributed by atoms with Crippen LogP contribution in [0.5, 0.6) is 0 Å². The van der Waals surface area contributed by atoms with E-state index in [-0.39, 0.29) is 0 Å². The molecule has 0 atom stereocenters. The average molecular weight is 199 g/mol. The van der Waals surface area contributed by atoms with Crippen LogP contribution in [-0.2, 0) is 0 Å². The van der Waals surface area contributed by atoms with Gasteiger partial charge in [0, 0.05) is 19.1 Å². The van der Waals surface area contributed by atoms with Crippen LogP contribution in [0.4, 0.5) is 4.79 Å². The van der Waals surface area contributed by atoms with Crippen molar-refractivity contribution in [3.8, 4) is 0 Å². The first kappa shape index (κ1) is 11.3. The monoisotopic (exact) mass is 199 g/mol. The van der Waals surface area contributed by atoms with Gasteiger partial charge in [-0.15, -0.1) is 0 Å². The molecule has 4 N–H and O–H groups in total. The highest BCUT2D eigenvalue weighted by atomic mass is 16.2. The fourth-order valence-electron chi connectivity index (χ4n) is 1.83. The Morgan fingerprint density at radius 1 is 1.43 bits per heavy atom. The summed E-state index contributed by atoms with van der Waals surface area (Å²) in [5.74, 6) is 1.69. The lowest BCUT2D eigenvalue weighted by atomic mass is 9.74. The number of amides is 2. The van der Waals surface area contributed by atoms with Crippen LogP contribution in [0.15, 0.2) is 0 Å². The Kier molecular flexibility index (Phi) is 4.20. The Morgan fingerprint density at radius 2 is 2.07 bits per heavy atom. The van der Waals surface area contributed by atoms with E-state index < -0.39 is 6.03 Å². The highest BCUT2D eigenvalue weighted by molar-refractivity contribution is 5.71. The fourth-order valence-corrected chi connectivity index (χ4v) is 1.83. The smallest absolute Gasteiger partial charge is 0.312 e. The molecule has 0 spiro atoms. The van der Waals surface area contributed by atoms with E-state index in [1.807, 2.05) is 0 Å². The van der Waals surface area contributed by atoms with Crippen molar-refractivity contribution in [2.75, 3.05) is 13.1 Å². The molecule has 14 heavy (non-hydrogen) atoms. The highest BCUT2D eigenvalue weighted by Crippen LogP contribution is 2.33. The van der Waals surface area contributed by atoms with Gasteiger partial charge in [0.2, 0.25) is 0 Å². The van der Waals surface area contributed by atoms with E-state index in [1.54, 1.807) is 0 Å². The molecule has 0 unspecified atom stereocenters. The molecule has 1 rings (SSSR count). The quantitative estimate of drug-likeness (QED) is 0.570. The second-order valence-corrected chi connectivity index (χ2v) is 4.42. The molecule has 0 aromatic rings. The lowest BCUT2D eigenvalue weighted by Crippen LogP contribution is -2.46. The van der Waals surface area contributed by atoms with Crippen molar-refractivity contribution in [3.05, 3.63) is 0 Å². The summed E-state index contributed by atoms with van der Waals surface area (Å²) in [5, 5.41) is 5.95. The van der Waals surface area contributed by atoms with Crippen LogP contribution in [0, 0.1) is 11.8 Å². The molecule has 1 saturated carbocycles. The van der Waals surface area contributed by atoms with Crippen molar-refractivity contribution in [1.29, 1.82) is 0 Å². The highest BCUT2D eigenvalue weighted by Gasteiger charge is 2.30. The van der Waals surface area contributed by atoms with Crippen LogP contribution in [0.3, 0.4) is 0 Å². The van der Waals surface area contributed by atoms with Crippen molar-refractivity contribution >= 4 is 6.03 Å². The van der Waals surface area contributed by atoms with Crippen molar-refractivity contribution in [2.24, 2.45) is 17.6 Å². The standard InChI is InChI=1S/C10H21N3O/c1-7(2)8-5-9(6-8)12-3-4-13-10(11)14/h7-9,12H,3-6H2,1-2H3,(H3,11,13,14). The summed E-state index contributed by atoms with van der Waals surface area (Å²) in [7, 11) is 0. The number of rotatable bonds is 5. The normalized spacial score (nSPS) is 25.9. The van der Waals surface area contributed by atoms with Gasteiger partial charge in [-0.2, -0.15) is 0 Å². The van der Waals surface area contributed by atoms with Gasteiger partial charge in [0.05, 0.1) is 0 Å². The van der Waals surface area contributed by atoms with Crippen molar-refractivity contribution in [3.63, 3.8) is 0 Å². The Balaban J connectivity index is 1.93. The molecular weight excluding hydrogens is 178 g/mol. The Morgan fingerprint density at radius 3 is 2.57 bits per heavy atom. The lowest BCUT2D eigenvalue weighted by Gasteiger charge is -2.38. The first-order valence-corrected chi connectivity index (χ1v) is 5.36. The maximum Gasteiger partial charge on any atom is 0.312 e. The molecule has 0 bridgehead atoms. The molecule has 82 valence electrons. The molecule has 0 aliphatic heterocycles. The Labute approximate surface area is 85.6 Å².